The van der Waals surface area contributed by atoms with Gasteiger partial charge in [0.2, 0.25) is 0 Å². The van der Waals surface area contributed by atoms with Crippen molar-refractivity contribution in [2.24, 2.45) is 0 Å². The van der Waals surface area contributed by atoms with E-state index in [1.807, 2.05) is 11.3 Å². The number of hydrogen-bond acceptors (Lipinski definition) is 2. The maximum Gasteiger partial charge on any atom is 0.0306 e. The van der Waals surface area contributed by atoms with Crippen molar-refractivity contribution in [2.45, 2.75) is 39.3 Å². The standard InChI is InChI=1S/C15H22N2S/c1-3-8-16-13(2)14-6-9-17(12-14)10-7-15-5-4-11-18-15/h4-6,9,11-13,16H,3,7-8,10H2,1-2H3. The van der Waals surface area contributed by atoms with Crippen LogP contribution in [-0.2, 0) is 13.0 Å². The Balaban J connectivity index is 1.85. The first-order valence-electron chi connectivity index (χ1n) is 6.71. The Labute approximate surface area is 114 Å². The number of nitrogens with one attached hydrogen (secondary N) is 1. The van der Waals surface area contributed by atoms with Crippen LogP contribution in [0.3, 0.4) is 0 Å². The molecular weight excluding hydrogens is 240 g/mol. The minimum absolute atomic E-state index is 0.452. The van der Waals surface area contributed by atoms with Crippen LogP contribution in [0, 0.1) is 0 Å². The maximum atomic E-state index is 3.52. The van der Waals surface area contributed by atoms with Crippen LogP contribution in [0.2, 0.25) is 0 Å². The molecule has 0 spiro atoms. The van der Waals surface area contributed by atoms with E-state index in [1.54, 1.807) is 0 Å². The molecule has 0 aliphatic rings. The summed E-state index contributed by atoms with van der Waals surface area (Å²) in [6, 6.07) is 7.01. The molecule has 0 bridgehead atoms. The molecule has 3 heteroatoms. The van der Waals surface area contributed by atoms with Crippen LogP contribution in [0.15, 0.2) is 36.0 Å². The second-order valence-corrected chi connectivity index (χ2v) is 5.72. The summed E-state index contributed by atoms with van der Waals surface area (Å²) < 4.78 is 2.29. The summed E-state index contributed by atoms with van der Waals surface area (Å²) in [4.78, 5) is 1.46. The number of thiophene rings is 1. The van der Waals surface area contributed by atoms with Gasteiger partial charge in [0.25, 0.3) is 0 Å². The lowest BCUT2D eigenvalue weighted by molar-refractivity contribution is 0.568. The van der Waals surface area contributed by atoms with Gasteiger partial charge in [-0.05, 0) is 49.4 Å². The average molecular weight is 262 g/mol. The van der Waals surface area contributed by atoms with Crippen molar-refractivity contribution in [2.75, 3.05) is 6.54 Å². The van der Waals surface area contributed by atoms with E-state index in [-0.39, 0.29) is 0 Å². The molecule has 0 radical (unpaired) electrons. The third-order valence-electron chi connectivity index (χ3n) is 3.17. The van der Waals surface area contributed by atoms with Gasteiger partial charge < -0.3 is 9.88 Å². The Kier molecular flexibility index (Phi) is 5.02. The van der Waals surface area contributed by atoms with Crippen LogP contribution in [0.4, 0.5) is 0 Å². The summed E-state index contributed by atoms with van der Waals surface area (Å²) in [5.41, 5.74) is 1.38. The van der Waals surface area contributed by atoms with E-state index in [9.17, 15) is 0 Å². The summed E-state index contributed by atoms with van der Waals surface area (Å²) >= 11 is 1.84. The van der Waals surface area contributed by atoms with Gasteiger partial charge in [-0.3, -0.25) is 0 Å². The molecule has 98 valence electrons. The van der Waals surface area contributed by atoms with Crippen molar-refractivity contribution in [3.8, 4) is 0 Å². The topological polar surface area (TPSA) is 17.0 Å². The van der Waals surface area contributed by atoms with E-state index < -0.39 is 0 Å². The zero-order valence-corrected chi connectivity index (χ0v) is 12.0. The highest BCUT2D eigenvalue weighted by atomic mass is 32.1. The zero-order chi connectivity index (χ0) is 12.8. The average Bonchev–Trinajstić information content (AvgIpc) is 3.04. The van der Waals surface area contributed by atoms with Gasteiger partial charge in [-0.15, -0.1) is 11.3 Å². The fourth-order valence-corrected chi connectivity index (χ4v) is 2.73. The fraction of sp³-hybridized carbons (Fsp3) is 0.467. The predicted octanol–water partition coefficient (Wildman–Crippen LogP) is 3.85. The predicted molar refractivity (Wildman–Crippen MR) is 79.2 cm³/mol. The van der Waals surface area contributed by atoms with E-state index in [0.717, 1.165) is 19.5 Å². The second kappa shape index (κ2) is 6.76. The molecule has 2 aromatic rings. The van der Waals surface area contributed by atoms with Crippen LogP contribution in [-0.4, -0.2) is 11.1 Å². The lowest BCUT2D eigenvalue weighted by Crippen LogP contribution is -2.18. The molecule has 2 rings (SSSR count). The van der Waals surface area contributed by atoms with E-state index >= 15 is 0 Å². The van der Waals surface area contributed by atoms with Gasteiger partial charge >= 0.3 is 0 Å². The highest BCUT2D eigenvalue weighted by Gasteiger charge is 2.05. The Hall–Kier alpha value is -1.06. The summed E-state index contributed by atoms with van der Waals surface area (Å²) in [6.07, 6.45) is 6.76. The van der Waals surface area contributed by atoms with Gasteiger partial charge in [-0.25, -0.2) is 0 Å². The number of hydrogen-bond donors (Lipinski definition) is 1. The molecule has 1 N–H and O–H groups in total. The van der Waals surface area contributed by atoms with Crippen molar-refractivity contribution >= 4 is 11.3 Å². The SMILES string of the molecule is CCCNC(C)c1ccn(CCc2cccs2)c1. The van der Waals surface area contributed by atoms with Crippen LogP contribution in [0.5, 0.6) is 0 Å². The first kappa shape index (κ1) is 13.4. The fourth-order valence-electron chi connectivity index (χ4n) is 2.03. The Morgan fingerprint density at radius 2 is 2.28 bits per heavy atom. The maximum absolute atomic E-state index is 3.52. The number of rotatable bonds is 7. The van der Waals surface area contributed by atoms with Crippen molar-refractivity contribution in [1.29, 1.82) is 0 Å². The molecular formula is C15H22N2S. The third-order valence-corrected chi connectivity index (χ3v) is 4.11. The molecule has 2 aromatic heterocycles. The monoisotopic (exact) mass is 262 g/mol. The zero-order valence-electron chi connectivity index (χ0n) is 11.2. The lowest BCUT2D eigenvalue weighted by Gasteiger charge is -2.11. The normalized spacial score (nSPS) is 12.8. The first-order chi connectivity index (χ1) is 8.79. The van der Waals surface area contributed by atoms with Crippen molar-refractivity contribution < 1.29 is 0 Å². The molecule has 2 heterocycles. The Morgan fingerprint density at radius 1 is 1.39 bits per heavy atom. The van der Waals surface area contributed by atoms with Crippen molar-refractivity contribution in [3.05, 3.63) is 46.4 Å². The minimum atomic E-state index is 0.452. The molecule has 1 unspecified atom stereocenters. The van der Waals surface area contributed by atoms with E-state index in [2.05, 4.69) is 59.7 Å². The molecule has 0 aliphatic carbocycles. The molecule has 0 saturated carbocycles. The van der Waals surface area contributed by atoms with Crippen LogP contribution >= 0.6 is 11.3 Å². The Morgan fingerprint density at radius 3 is 3.00 bits per heavy atom. The quantitative estimate of drug-likeness (QED) is 0.802. The highest BCUT2D eigenvalue weighted by Crippen LogP contribution is 2.14. The largest absolute Gasteiger partial charge is 0.354 e. The number of nitrogens with zero attached hydrogens (tertiary/aromatic N) is 1. The van der Waals surface area contributed by atoms with Crippen molar-refractivity contribution in [3.63, 3.8) is 0 Å². The third kappa shape index (κ3) is 3.72. The van der Waals surface area contributed by atoms with Crippen LogP contribution in [0.1, 0.15) is 36.8 Å². The van der Waals surface area contributed by atoms with Gasteiger partial charge in [0.15, 0.2) is 0 Å². The van der Waals surface area contributed by atoms with Gasteiger partial charge in [0.05, 0.1) is 0 Å². The summed E-state index contributed by atoms with van der Waals surface area (Å²) in [5, 5.41) is 5.67. The molecule has 0 aromatic carbocycles. The highest BCUT2D eigenvalue weighted by molar-refractivity contribution is 7.09. The van der Waals surface area contributed by atoms with E-state index in [4.69, 9.17) is 0 Å². The summed E-state index contributed by atoms with van der Waals surface area (Å²) in [6.45, 7) is 6.59. The van der Waals surface area contributed by atoms with Crippen molar-refractivity contribution in [1.82, 2.24) is 9.88 Å². The number of aryl methyl sites for hydroxylation is 2. The van der Waals surface area contributed by atoms with Crippen LogP contribution in [0.25, 0.3) is 0 Å². The smallest absolute Gasteiger partial charge is 0.0306 e. The van der Waals surface area contributed by atoms with Crippen LogP contribution < -0.4 is 5.32 Å². The molecule has 0 aliphatic heterocycles. The van der Waals surface area contributed by atoms with Gasteiger partial charge in [-0.2, -0.15) is 0 Å². The second-order valence-electron chi connectivity index (χ2n) is 4.69. The minimum Gasteiger partial charge on any atom is -0.354 e. The number of aromatic nitrogens is 1. The van der Waals surface area contributed by atoms with Gasteiger partial charge in [0.1, 0.15) is 0 Å². The molecule has 0 amide bonds. The molecule has 0 fully saturated rings. The molecule has 18 heavy (non-hydrogen) atoms. The molecule has 0 saturated heterocycles. The molecule has 2 nitrogen and oxygen atoms in total. The molecule has 1 atom stereocenters. The van der Waals surface area contributed by atoms with Gasteiger partial charge in [0, 0.05) is 29.9 Å². The van der Waals surface area contributed by atoms with E-state index in [1.165, 1.54) is 16.9 Å². The first-order valence-corrected chi connectivity index (χ1v) is 7.59. The summed E-state index contributed by atoms with van der Waals surface area (Å²) in [7, 11) is 0. The summed E-state index contributed by atoms with van der Waals surface area (Å²) in [5.74, 6) is 0. The Bertz CT molecular complexity index is 445. The lowest BCUT2D eigenvalue weighted by atomic mass is 10.2. The van der Waals surface area contributed by atoms with E-state index in [0.29, 0.717) is 6.04 Å². The van der Waals surface area contributed by atoms with Gasteiger partial charge in [-0.1, -0.05) is 13.0 Å².